The van der Waals surface area contributed by atoms with Gasteiger partial charge in [-0.05, 0) is 54.6 Å². The monoisotopic (exact) mass is 520 g/mol. The van der Waals surface area contributed by atoms with Gasteiger partial charge >= 0.3 is 0 Å². The van der Waals surface area contributed by atoms with Crippen LogP contribution in [0.1, 0.15) is 12.8 Å². The van der Waals surface area contributed by atoms with Crippen LogP contribution in [0, 0.1) is 5.92 Å². The minimum atomic E-state index is 0.183. The third-order valence-electron chi connectivity index (χ3n) is 7.13. The Morgan fingerprint density at radius 1 is 0.974 bits per heavy atom. The first-order valence-electron chi connectivity index (χ1n) is 12.8. The van der Waals surface area contributed by atoms with E-state index in [-0.39, 0.29) is 12.5 Å². The SMILES string of the molecule is COc1cc(OC)cc(N(CCN2CCC(COF)CC2)c2ccc3ncc(-c4cnn(C)c4)nc3c2)c1. The Labute approximate surface area is 221 Å². The number of nitrogens with zero attached hydrogens (tertiary/aromatic N) is 6. The predicted molar refractivity (Wildman–Crippen MR) is 145 cm³/mol. The molecule has 1 fully saturated rings. The highest BCUT2D eigenvalue weighted by Crippen LogP contribution is 2.34. The normalized spacial score (nSPS) is 14.6. The van der Waals surface area contributed by atoms with Gasteiger partial charge in [0.2, 0.25) is 0 Å². The molecule has 4 aromatic rings. The molecule has 0 spiro atoms. The number of hydrogen-bond donors (Lipinski definition) is 0. The summed E-state index contributed by atoms with van der Waals surface area (Å²) >= 11 is 0. The largest absolute Gasteiger partial charge is 0.497 e. The number of methoxy groups -OCH3 is 2. The quantitative estimate of drug-likeness (QED) is 0.295. The Morgan fingerprint density at radius 2 is 1.74 bits per heavy atom. The number of ether oxygens (including phenoxy) is 2. The maximum absolute atomic E-state index is 12.3. The number of halogens is 1. The van der Waals surface area contributed by atoms with Crippen LogP contribution in [-0.2, 0) is 12.0 Å². The van der Waals surface area contributed by atoms with Gasteiger partial charge in [-0.1, -0.05) is 0 Å². The average molecular weight is 521 g/mol. The van der Waals surface area contributed by atoms with Crippen LogP contribution in [0.2, 0.25) is 0 Å². The molecule has 2 aromatic carbocycles. The van der Waals surface area contributed by atoms with Crippen molar-refractivity contribution in [3.05, 3.63) is 55.0 Å². The van der Waals surface area contributed by atoms with Gasteiger partial charge in [-0.25, -0.2) is 4.98 Å². The summed E-state index contributed by atoms with van der Waals surface area (Å²) in [5.41, 5.74) is 5.27. The summed E-state index contributed by atoms with van der Waals surface area (Å²) in [6.45, 7) is 3.61. The number of piperidine rings is 1. The lowest BCUT2D eigenvalue weighted by Crippen LogP contribution is -2.39. The fourth-order valence-electron chi connectivity index (χ4n) is 4.92. The Balaban J connectivity index is 1.46. The summed E-state index contributed by atoms with van der Waals surface area (Å²) in [6, 6.07) is 12.0. The van der Waals surface area contributed by atoms with Crippen LogP contribution in [-0.4, -0.2) is 71.7 Å². The maximum atomic E-state index is 12.3. The van der Waals surface area contributed by atoms with E-state index in [9.17, 15) is 4.53 Å². The van der Waals surface area contributed by atoms with Crippen molar-refractivity contribution in [3.8, 4) is 22.8 Å². The van der Waals surface area contributed by atoms with Gasteiger partial charge in [0.15, 0.2) is 0 Å². The zero-order valence-corrected chi connectivity index (χ0v) is 22.0. The van der Waals surface area contributed by atoms with E-state index in [2.05, 4.69) is 37.0 Å². The second-order valence-electron chi connectivity index (χ2n) is 9.61. The van der Waals surface area contributed by atoms with Gasteiger partial charge in [0.05, 0.1) is 49.9 Å². The number of anilines is 2. The van der Waals surface area contributed by atoms with E-state index in [0.717, 1.165) is 84.2 Å². The van der Waals surface area contributed by atoms with Crippen molar-refractivity contribution < 1.29 is 18.9 Å². The van der Waals surface area contributed by atoms with E-state index < -0.39 is 0 Å². The first-order valence-corrected chi connectivity index (χ1v) is 12.8. The maximum Gasteiger partial charge on any atom is 0.124 e. The zero-order chi connectivity index (χ0) is 26.5. The highest BCUT2D eigenvalue weighted by molar-refractivity contribution is 5.82. The zero-order valence-electron chi connectivity index (χ0n) is 22.0. The van der Waals surface area contributed by atoms with Gasteiger partial charge < -0.3 is 19.3 Å². The van der Waals surface area contributed by atoms with Crippen LogP contribution < -0.4 is 14.4 Å². The van der Waals surface area contributed by atoms with E-state index >= 15 is 0 Å². The summed E-state index contributed by atoms with van der Waals surface area (Å²) in [5, 5.41) is 4.26. The van der Waals surface area contributed by atoms with Gasteiger partial charge in [0, 0.05) is 61.5 Å². The molecular formula is C28H33FN6O3. The van der Waals surface area contributed by atoms with Gasteiger partial charge in [0.25, 0.3) is 0 Å². The fourth-order valence-corrected chi connectivity index (χ4v) is 4.92. The molecule has 0 saturated carbocycles. The molecule has 1 saturated heterocycles. The number of aryl methyl sites for hydroxylation is 1. The second kappa shape index (κ2) is 11.7. The number of rotatable bonds is 10. The molecule has 0 radical (unpaired) electrons. The van der Waals surface area contributed by atoms with Crippen molar-refractivity contribution in [2.24, 2.45) is 13.0 Å². The molecule has 0 aliphatic carbocycles. The first kappa shape index (κ1) is 25.9. The molecule has 0 unspecified atom stereocenters. The molecule has 200 valence electrons. The number of benzene rings is 2. The molecule has 0 amide bonds. The van der Waals surface area contributed by atoms with E-state index in [1.54, 1.807) is 31.3 Å². The fraction of sp³-hybridized carbons (Fsp3) is 0.393. The van der Waals surface area contributed by atoms with Crippen LogP contribution >= 0.6 is 0 Å². The van der Waals surface area contributed by atoms with E-state index in [4.69, 9.17) is 14.5 Å². The summed E-state index contributed by atoms with van der Waals surface area (Å²) in [7, 11) is 5.19. The van der Waals surface area contributed by atoms with Gasteiger partial charge in [-0.2, -0.15) is 10.0 Å². The highest BCUT2D eigenvalue weighted by Gasteiger charge is 2.21. The Bertz CT molecular complexity index is 1350. The minimum Gasteiger partial charge on any atom is -0.497 e. The van der Waals surface area contributed by atoms with Gasteiger partial charge in [-0.3, -0.25) is 9.67 Å². The van der Waals surface area contributed by atoms with Crippen molar-refractivity contribution in [1.29, 1.82) is 0 Å². The summed E-state index contributed by atoms with van der Waals surface area (Å²) in [4.78, 5) is 18.1. The van der Waals surface area contributed by atoms with Crippen LogP contribution in [0.5, 0.6) is 11.5 Å². The second-order valence-corrected chi connectivity index (χ2v) is 9.61. The van der Waals surface area contributed by atoms with E-state index in [1.165, 1.54) is 0 Å². The average Bonchev–Trinajstić information content (AvgIpc) is 3.39. The van der Waals surface area contributed by atoms with Crippen molar-refractivity contribution in [2.45, 2.75) is 12.8 Å². The molecule has 2 aromatic heterocycles. The number of hydrogen-bond acceptors (Lipinski definition) is 8. The molecule has 0 atom stereocenters. The molecule has 10 heteroatoms. The first-order chi connectivity index (χ1) is 18.6. The smallest absolute Gasteiger partial charge is 0.124 e. The lowest BCUT2D eigenvalue weighted by molar-refractivity contribution is -0.149. The molecule has 1 aliphatic heterocycles. The summed E-state index contributed by atoms with van der Waals surface area (Å²) < 4.78 is 25.2. The van der Waals surface area contributed by atoms with Gasteiger partial charge in [0.1, 0.15) is 11.5 Å². The van der Waals surface area contributed by atoms with Gasteiger partial charge in [-0.15, -0.1) is 0 Å². The standard InChI is InChI=1S/C28H33FN6O3/c1-33-18-21(16-31-33)28-17-30-26-5-4-22(14-27(26)32-28)35(23-12-24(36-2)15-25(13-23)37-3)11-10-34-8-6-20(7-9-34)19-38-29/h4-5,12-18,20H,6-11,19H2,1-3H3. The molecule has 0 bridgehead atoms. The molecule has 9 nitrogen and oxygen atoms in total. The van der Waals surface area contributed by atoms with E-state index in [1.807, 2.05) is 37.5 Å². The Hall–Kier alpha value is -3.76. The van der Waals surface area contributed by atoms with Crippen LogP contribution in [0.4, 0.5) is 15.9 Å². The lowest BCUT2D eigenvalue weighted by Gasteiger charge is -2.34. The Morgan fingerprint density at radius 3 is 2.39 bits per heavy atom. The minimum absolute atomic E-state index is 0.183. The summed E-state index contributed by atoms with van der Waals surface area (Å²) in [6.07, 6.45) is 7.36. The lowest BCUT2D eigenvalue weighted by atomic mass is 9.98. The number of likely N-dealkylation sites (tertiary alicyclic amines) is 1. The summed E-state index contributed by atoms with van der Waals surface area (Å²) in [5.74, 6) is 1.72. The molecule has 0 N–H and O–H groups in total. The van der Waals surface area contributed by atoms with Crippen LogP contribution in [0.15, 0.2) is 55.0 Å². The van der Waals surface area contributed by atoms with E-state index in [0.29, 0.717) is 0 Å². The van der Waals surface area contributed by atoms with Crippen LogP contribution in [0.3, 0.4) is 0 Å². The predicted octanol–water partition coefficient (Wildman–Crippen LogP) is 4.80. The van der Waals surface area contributed by atoms with Crippen molar-refractivity contribution in [1.82, 2.24) is 24.6 Å². The van der Waals surface area contributed by atoms with Crippen molar-refractivity contribution in [3.63, 3.8) is 0 Å². The molecule has 5 rings (SSSR count). The molecule has 1 aliphatic rings. The molecule has 38 heavy (non-hydrogen) atoms. The highest BCUT2D eigenvalue weighted by atomic mass is 19.3. The molecular weight excluding hydrogens is 487 g/mol. The van der Waals surface area contributed by atoms with Crippen LogP contribution in [0.25, 0.3) is 22.3 Å². The number of aromatic nitrogens is 4. The topological polar surface area (TPSA) is 77.8 Å². The van der Waals surface area contributed by atoms with Crippen molar-refractivity contribution in [2.75, 3.05) is 51.9 Å². The Kier molecular flexibility index (Phi) is 8.00. The number of fused-ring (bicyclic) bond motifs is 1. The van der Waals surface area contributed by atoms with Crippen molar-refractivity contribution >= 4 is 22.4 Å². The third-order valence-corrected chi connectivity index (χ3v) is 7.13. The molecule has 3 heterocycles. The third kappa shape index (κ3) is 5.87.